The number of nitrogens with zero attached hydrogens (tertiary/aromatic N) is 1. The molecule has 1 aliphatic carbocycles. The number of benzene rings is 1. The molecule has 0 unspecified atom stereocenters. The number of rotatable bonds is 3. The Bertz CT molecular complexity index is 658. The third kappa shape index (κ3) is 2.21. The van der Waals surface area contributed by atoms with Gasteiger partial charge in [0.05, 0.1) is 16.1 Å². The SMILES string of the molecule is Cc1c(Cl)ccc(C(=S)c2conc2C2CC2)c1C. The predicted octanol–water partition coefficient (Wildman–Crippen LogP) is 4.59. The van der Waals surface area contributed by atoms with Crippen molar-refractivity contribution < 1.29 is 4.52 Å². The first-order valence-corrected chi connectivity index (χ1v) is 7.13. The van der Waals surface area contributed by atoms with Crippen LogP contribution in [-0.2, 0) is 0 Å². The molecular weight excluding hydrogens is 278 g/mol. The summed E-state index contributed by atoms with van der Waals surface area (Å²) < 4.78 is 5.12. The highest BCUT2D eigenvalue weighted by Gasteiger charge is 2.31. The van der Waals surface area contributed by atoms with E-state index in [-0.39, 0.29) is 0 Å². The molecular formula is C15H14ClNOS. The van der Waals surface area contributed by atoms with Gasteiger partial charge in [0.1, 0.15) is 6.26 Å². The molecule has 2 nitrogen and oxygen atoms in total. The fourth-order valence-electron chi connectivity index (χ4n) is 2.25. The average molecular weight is 292 g/mol. The molecule has 3 rings (SSSR count). The van der Waals surface area contributed by atoms with Crippen LogP contribution in [0.4, 0.5) is 0 Å². The van der Waals surface area contributed by atoms with Gasteiger partial charge in [-0.2, -0.15) is 0 Å². The zero-order valence-electron chi connectivity index (χ0n) is 10.9. The van der Waals surface area contributed by atoms with Crippen molar-refractivity contribution in [2.45, 2.75) is 32.6 Å². The highest BCUT2D eigenvalue weighted by Crippen LogP contribution is 2.41. The van der Waals surface area contributed by atoms with Gasteiger partial charge in [0.15, 0.2) is 0 Å². The summed E-state index contributed by atoms with van der Waals surface area (Å²) in [6, 6.07) is 3.88. The lowest BCUT2D eigenvalue weighted by Gasteiger charge is -2.11. The summed E-state index contributed by atoms with van der Waals surface area (Å²) in [7, 11) is 0. The maximum absolute atomic E-state index is 6.13. The van der Waals surface area contributed by atoms with Gasteiger partial charge in [-0.15, -0.1) is 0 Å². The van der Waals surface area contributed by atoms with E-state index in [1.807, 2.05) is 26.0 Å². The van der Waals surface area contributed by atoms with Crippen LogP contribution in [0.2, 0.25) is 5.02 Å². The number of hydrogen-bond donors (Lipinski definition) is 0. The Morgan fingerprint density at radius 3 is 2.68 bits per heavy atom. The van der Waals surface area contributed by atoms with E-state index in [0.29, 0.717) is 5.92 Å². The van der Waals surface area contributed by atoms with Crippen LogP contribution in [0.25, 0.3) is 0 Å². The third-order valence-electron chi connectivity index (χ3n) is 3.77. The average Bonchev–Trinajstić information content (AvgIpc) is 3.13. The van der Waals surface area contributed by atoms with Crippen LogP contribution in [0, 0.1) is 13.8 Å². The van der Waals surface area contributed by atoms with E-state index in [1.165, 1.54) is 12.8 Å². The van der Waals surface area contributed by atoms with Crippen LogP contribution in [0.15, 0.2) is 22.9 Å². The van der Waals surface area contributed by atoms with E-state index in [1.54, 1.807) is 6.26 Å². The first-order valence-electron chi connectivity index (χ1n) is 6.34. The summed E-state index contributed by atoms with van der Waals surface area (Å²) in [5, 5.41) is 4.88. The standard InChI is InChI=1S/C15H14ClNOS/c1-8-9(2)13(16)6-5-11(8)15(19)12-7-18-17-14(12)10-3-4-10/h5-7,10H,3-4H2,1-2H3. The number of hydrogen-bond acceptors (Lipinski definition) is 3. The van der Waals surface area contributed by atoms with Crippen LogP contribution in [0.1, 0.15) is 46.7 Å². The lowest BCUT2D eigenvalue weighted by Crippen LogP contribution is -2.05. The van der Waals surface area contributed by atoms with Gasteiger partial charge in [-0.25, -0.2) is 0 Å². The van der Waals surface area contributed by atoms with E-state index in [9.17, 15) is 0 Å². The number of thiocarbonyl (C=S) groups is 1. The minimum Gasteiger partial charge on any atom is -0.364 e. The summed E-state index contributed by atoms with van der Waals surface area (Å²) >= 11 is 11.8. The quantitative estimate of drug-likeness (QED) is 0.611. The molecule has 4 heteroatoms. The Labute approximate surface area is 122 Å². The smallest absolute Gasteiger partial charge is 0.132 e. The topological polar surface area (TPSA) is 26.0 Å². The lowest BCUT2D eigenvalue weighted by atomic mass is 9.96. The van der Waals surface area contributed by atoms with Gasteiger partial charge in [-0.1, -0.05) is 35.0 Å². The van der Waals surface area contributed by atoms with Crippen LogP contribution in [0.3, 0.4) is 0 Å². The summed E-state index contributed by atoms with van der Waals surface area (Å²) in [6.45, 7) is 4.06. The van der Waals surface area contributed by atoms with Gasteiger partial charge >= 0.3 is 0 Å². The summed E-state index contributed by atoms with van der Waals surface area (Å²) in [5.74, 6) is 0.528. The minimum absolute atomic E-state index is 0.528. The summed E-state index contributed by atoms with van der Waals surface area (Å²) in [4.78, 5) is 0.806. The summed E-state index contributed by atoms with van der Waals surface area (Å²) in [6.07, 6.45) is 4.03. The van der Waals surface area contributed by atoms with Gasteiger partial charge < -0.3 is 4.52 Å². The number of halogens is 1. The van der Waals surface area contributed by atoms with Crippen molar-refractivity contribution >= 4 is 28.7 Å². The first kappa shape index (κ1) is 12.8. The van der Waals surface area contributed by atoms with E-state index in [0.717, 1.165) is 37.8 Å². The predicted molar refractivity (Wildman–Crippen MR) is 80.2 cm³/mol. The maximum Gasteiger partial charge on any atom is 0.132 e. The molecule has 0 N–H and O–H groups in total. The zero-order valence-corrected chi connectivity index (χ0v) is 12.4. The largest absolute Gasteiger partial charge is 0.364 e. The number of aromatic nitrogens is 1. The second-order valence-electron chi connectivity index (χ2n) is 5.06. The van der Waals surface area contributed by atoms with Gasteiger partial charge in [-0.3, -0.25) is 0 Å². The molecule has 1 aromatic heterocycles. The second kappa shape index (κ2) is 4.73. The monoisotopic (exact) mass is 291 g/mol. The zero-order chi connectivity index (χ0) is 13.6. The van der Waals surface area contributed by atoms with Crippen molar-refractivity contribution in [3.63, 3.8) is 0 Å². The molecule has 0 radical (unpaired) electrons. The third-order valence-corrected chi connectivity index (χ3v) is 4.62. The normalized spacial score (nSPS) is 14.7. The molecule has 1 heterocycles. The molecule has 0 aliphatic heterocycles. The van der Waals surface area contributed by atoms with Crippen LogP contribution < -0.4 is 0 Å². The molecule has 0 spiro atoms. The molecule has 0 atom stereocenters. The summed E-state index contributed by atoms with van der Waals surface area (Å²) in [5.41, 5.74) is 5.22. The highest BCUT2D eigenvalue weighted by atomic mass is 35.5. The van der Waals surface area contributed by atoms with E-state index < -0.39 is 0 Å². The first-order chi connectivity index (χ1) is 9.09. The van der Waals surface area contributed by atoms with Crippen molar-refractivity contribution in [2.75, 3.05) is 0 Å². The maximum atomic E-state index is 6.13. The Morgan fingerprint density at radius 1 is 1.26 bits per heavy atom. The minimum atomic E-state index is 0.528. The van der Waals surface area contributed by atoms with E-state index in [2.05, 4.69) is 5.16 Å². The molecule has 1 aromatic carbocycles. The van der Waals surface area contributed by atoms with Gasteiger partial charge in [0.25, 0.3) is 0 Å². The van der Waals surface area contributed by atoms with Crippen molar-refractivity contribution in [1.29, 1.82) is 0 Å². The molecule has 0 saturated heterocycles. The molecule has 0 amide bonds. The molecule has 2 aromatic rings. The van der Waals surface area contributed by atoms with Crippen LogP contribution >= 0.6 is 23.8 Å². The lowest BCUT2D eigenvalue weighted by molar-refractivity contribution is 0.412. The Balaban J connectivity index is 2.04. The van der Waals surface area contributed by atoms with Crippen molar-refractivity contribution in [1.82, 2.24) is 5.16 Å². The molecule has 0 bridgehead atoms. The molecule has 1 aliphatic rings. The van der Waals surface area contributed by atoms with Crippen molar-refractivity contribution in [2.24, 2.45) is 0 Å². The van der Waals surface area contributed by atoms with Crippen molar-refractivity contribution in [3.05, 3.63) is 51.4 Å². The highest BCUT2D eigenvalue weighted by molar-refractivity contribution is 7.81. The van der Waals surface area contributed by atoms with Crippen molar-refractivity contribution in [3.8, 4) is 0 Å². The molecule has 1 saturated carbocycles. The van der Waals surface area contributed by atoms with Gasteiger partial charge in [-0.05, 0) is 49.4 Å². The second-order valence-corrected chi connectivity index (χ2v) is 5.88. The molecule has 98 valence electrons. The Hall–Kier alpha value is -1.19. The van der Waals surface area contributed by atoms with Crippen LogP contribution in [-0.4, -0.2) is 10.0 Å². The Morgan fingerprint density at radius 2 is 2.00 bits per heavy atom. The fourth-order valence-corrected chi connectivity index (χ4v) is 2.82. The molecule has 19 heavy (non-hydrogen) atoms. The van der Waals surface area contributed by atoms with E-state index >= 15 is 0 Å². The van der Waals surface area contributed by atoms with E-state index in [4.69, 9.17) is 28.3 Å². The van der Waals surface area contributed by atoms with Crippen LogP contribution in [0.5, 0.6) is 0 Å². The fraction of sp³-hybridized carbons (Fsp3) is 0.333. The van der Waals surface area contributed by atoms with Gasteiger partial charge in [0.2, 0.25) is 0 Å². The van der Waals surface area contributed by atoms with Gasteiger partial charge in [0, 0.05) is 10.9 Å². The Kier molecular flexibility index (Phi) is 3.19. The molecule has 1 fully saturated rings.